The molecule has 2 N–H and O–H groups in total. The molecule has 1 aromatic rings. The summed E-state index contributed by atoms with van der Waals surface area (Å²) >= 11 is 0. The van der Waals surface area contributed by atoms with Crippen LogP contribution in [0.4, 0.5) is 0 Å². The molecule has 0 radical (unpaired) electrons. The summed E-state index contributed by atoms with van der Waals surface area (Å²) in [6, 6.07) is 1.37. The number of carboxylic acids is 1. The van der Waals surface area contributed by atoms with E-state index in [2.05, 4.69) is 17.3 Å². The minimum absolute atomic E-state index is 0.0242. The third-order valence-electron chi connectivity index (χ3n) is 2.58. The summed E-state index contributed by atoms with van der Waals surface area (Å²) in [6.45, 7) is 2.70. The van der Waals surface area contributed by atoms with Gasteiger partial charge in [-0.3, -0.25) is 4.79 Å². The Kier molecular flexibility index (Phi) is 5.90. The van der Waals surface area contributed by atoms with Crippen LogP contribution in [-0.2, 0) is 11.3 Å². The highest BCUT2D eigenvalue weighted by Gasteiger charge is 2.12. The molecule has 1 rings (SSSR count). The molecule has 0 atom stereocenters. The molecule has 6 nitrogen and oxygen atoms in total. The Balaban J connectivity index is 2.31. The SMILES string of the molecule is CCCCCCNC(=O)Cn1nccc1C(=O)O. The van der Waals surface area contributed by atoms with Gasteiger partial charge in [-0.25, -0.2) is 9.48 Å². The van der Waals surface area contributed by atoms with E-state index in [0.717, 1.165) is 25.7 Å². The van der Waals surface area contributed by atoms with Crippen LogP contribution in [0.25, 0.3) is 0 Å². The Bertz CT molecular complexity index is 401. The number of hydrogen-bond acceptors (Lipinski definition) is 3. The Hall–Kier alpha value is -1.85. The van der Waals surface area contributed by atoms with Gasteiger partial charge >= 0.3 is 5.97 Å². The van der Waals surface area contributed by atoms with Gasteiger partial charge in [0.25, 0.3) is 0 Å². The molecule has 18 heavy (non-hydrogen) atoms. The van der Waals surface area contributed by atoms with E-state index in [9.17, 15) is 9.59 Å². The molecule has 0 saturated carbocycles. The zero-order chi connectivity index (χ0) is 13.4. The first-order valence-corrected chi connectivity index (χ1v) is 6.17. The van der Waals surface area contributed by atoms with Gasteiger partial charge < -0.3 is 10.4 Å². The number of carboxylic acid groups (broad SMARTS) is 1. The van der Waals surface area contributed by atoms with Crippen LogP contribution in [-0.4, -0.2) is 33.3 Å². The lowest BCUT2D eigenvalue weighted by molar-refractivity contribution is -0.121. The van der Waals surface area contributed by atoms with Crippen molar-refractivity contribution in [3.8, 4) is 0 Å². The zero-order valence-electron chi connectivity index (χ0n) is 10.6. The van der Waals surface area contributed by atoms with Gasteiger partial charge in [0.05, 0.1) is 0 Å². The predicted octanol–water partition coefficient (Wildman–Crippen LogP) is 1.28. The number of rotatable bonds is 8. The summed E-state index contributed by atoms with van der Waals surface area (Å²) in [5.74, 6) is -1.29. The number of aromatic nitrogens is 2. The van der Waals surface area contributed by atoms with Crippen molar-refractivity contribution < 1.29 is 14.7 Å². The molecule has 1 aromatic heterocycles. The molecule has 100 valence electrons. The number of nitrogens with one attached hydrogen (secondary N) is 1. The minimum atomic E-state index is -1.08. The summed E-state index contributed by atoms with van der Waals surface area (Å²) in [7, 11) is 0. The average molecular weight is 253 g/mol. The van der Waals surface area contributed by atoms with E-state index in [1.54, 1.807) is 0 Å². The normalized spacial score (nSPS) is 10.3. The van der Waals surface area contributed by atoms with E-state index in [4.69, 9.17) is 5.11 Å². The first-order chi connectivity index (χ1) is 8.65. The van der Waals surface area contributed by atoms with Crippen LogP contribution in [0.1, 0.15) is 43.1 Å². The largest absolute Gasteiger partial charge is 0.477 e. The highest BCUT2D eigenvalue weighted by atomic mass is 16.4. The van der Waals surface area contributed by atoms with Gasteiger partial charge in [-0.1, -0.05) is 26.2 Å². The number of carbonyl (C=O) groups is 2. The number of unbranched alkanes of at least 4 members (excludes halogenated alkanes) is 3. The highest BCUT2D eigenvalue weighted by Crippen LogP contribution is 1.99. The molecule has 6 heteroatoms. The Labute approximate surface area is 106 Å². The van der Waals surface area contributed by atoms with Crippen LogP contribution < -0.4 is 5.32 Å². The third kappa shape index (κ3) is 4.57. The fourth-order valence-electron chi connectivity index (χ4n) is 1.61. The van der Waals surface area contributed by atoms with Crippen LogP contribution in [0, 0.1) is 0 Å². The second-order valence-corrected chi connectivity index (χ2v) is 4.09. The predicted molar refractivity (Wildman–Crippen MR) is 66.3 cm³/mol. The maximum atomic E-state index is 11.6. The smallest absolute Gasteiger partial charge is 0.354 e. The van der Waals surface area contributed by atoms with E-state index in [0.29, 0.717) is 6.54 Å². The fourth-order valence-corrected chi connectivity index (χ4v) is 1.61. The van der Waals surface area contributed by atoms with Gasteiger partial charge in [0, 0.05) is 12.7 Å². The van der Waals surface area contributed by atoms with Crippen molar-refractivity contribution in [3.05, 3.63) is 18.0 Å². The highest BCUT2D eigenvalue weighted by molar-refractivity contribution is 5.86. The Morgan fingerprint density at radius 3 is 2.83 bits per heavy atom. The molecule has 0 aliphatic carbocycles. The maximum Gasteiger partial charge on any atom is 0.354 e. The molecule has 0 aliphatic rings. The fraction of sp³-hybridized carbons (Fsp3) is 0.583. The lowest BCUT2D eigenvalue weighted by Gasteiger charge is -2.06. The van der Waals surface area contributed by atoms with Gasteiger partial charge in [-0.05, 0) is 12.5 Å². The lowest BCUT2D eigenvalue weighted by atomic mass is 10.2. The summed E-state index contributed by atoms with van der Waals surface area (Å²) in [4.78, 5) is 22.4. The maximum absolute atomic E-state index is 11.6. The van der Waals surface area contributed by atoms with Gasteiger partial charge in [-0.15, -0.1) is 0 Å². The Morgan fingerprint density at radius 2 is 2.17 bits per heavy atom. The second kappa shape index (κ2) is 7.47. The summed E-state index contributed by atoms with van der Waals surface area (Å²) in [5.41, 5.74) is 0.0242. The molecular weight excluding hydrogens is 234 g/mol. The molecule has 1 amide bonds. The summed E-state index contributed by atoms with van der Waals surface area (Å²) in [5, 5.41) is 15.4. The lowest BCUT2D eigenvalue weighted by Crippen LogP contribution is -2.29. The minimum Gasteiger partial charge on any atom is -0.477 e. The third-order valence-corrected chi connectivity index (χ3v) is 2.58. The van der Waals surface area contributed by atoms with E-state index in [1.807, 2.05) is 0 Å². The van der Waals surface area contributed by atoms with Crippen molar-refractivity contribution in [3.63, 3.8) is 0 Å². The molecule has 0 aliphatic heterocycles. The van der Waals surface area contributed by atoms with Crippen LogP contribution in [0.3, 0.4) is 0 Å². The van der Waals surface area contributed by atoms with E-state index in [1.165, 1.54) is 16.9 Å². The molecule has 1 heterocycles. The van der Waals surface area contributed by atoms with Gasteiger partial charge in [0.2, 0.25) is 5.91 Å². The number of carbonyl (C=O) groups excluding carboxylic acids is 1. The monoisotopic (exact) mass is 253 g/mol. The summed E-state index contributed by atoms with van der Waals surface area (Å²) < 4.78 is 1.18. The average Bonchev–Trinajstić information content (AvgIpc) is 2.77. The number of nitrogens with zero attached hydrogens (tertiary/aromatic N) is 2. The second-order valence-electron chi connectivity index (χ2n) is 4.09. The first-order valence-electron chi connectivity index (χ1n) is 6.17. The molecule has 0 spiro atoms. The van der Waals surface area contributed by atoms with Gasteiger partial charge in [-0.2, -0.15) is 5.10 Å². The van der Waals surface area contributed by atoms with E-state index in [-0.39, 0.29) is 18.1 Å². The Morgan fingerprint density at radius 1 is 1.39 bits per heavy atom. The standard InChI is InChI=1S/C12H19N3O3/c1-2-3-4-5-7-13-11(16)9-15-10(12(17)18)6-8-14-15/h6,8H,2-5,7,9H2,1H3,(H,13,16)(H,17,18). The van der Waals surface area contributed by atoms with Crippen molar-refractivity contribution in [1.82, 2.24) is 15.1 Å². The molecule has 0 unspecified atom stereocenters. The topological polar surface area (TPSA) is 84.2 Å². The van der Waals surface area contributed by atoms with E-state index >= 15 is 0 Å². The quantitative estimate of drug-likeness (QED) is 0.683. The molecular formula is C12H19N3O3. The van der Waals surface area contributed by atoms with E-state index < -0.39 is 5.97 Å². The van der Waals surface area contributed by atoms with Gasteiger partial charge in [0.15, 0.2) is 0 Å². The van der Waals surface area contributed by atoms with Crippen LogP contribution in [0.2, 0.25) is 0 Å². The van der Waals surface area contributed by atoms with Gasteiger partial charge in [0.1, 0.15) is 12.2 Å². The van der Waals surface area contributed by atoms with Crippen molar-refractivity contribution in [1.29, 1.82) is 0 Å². The van der Waals surface area contributed by atoms with Crippen LogP contribution in [0.5, 0.6) is 0 Å². The number of aromatic carboxylic acids is 1. The van der Waals surface area contributed by atoms with Crippen molar-refractivity contribution in [2.45, 2.75) is 39.2 Å². The van der Waals surface area contributed by atoms with Crippen molar-refractivity contribution in [2.24, 2.45) is 0 Å². The van der Waals surface area contributed by atoms with Crippen molar-refractivity contribution >= 4 is 11.9 Å². The van der Waals surface area contributed by atoms with Crippen molar-refractivity contribution in [2.75, 3.05) is 6.54 Å². The summed E-state index contributed by atoms with van der Waals surface area (Å²) in [6.07, 6.45) is 5.74. The zero-order valence-corrected chi connectivity index (χ0v) is 10.6. The molecule has 0 fully saturated rings. The molecule has 0 aromatic carbocycles. The van der Waals surface area contributed by atoms with Crippen LogP contribution in [0.15, 0.2) is 12.3 Å². The first kappa shape index (κ1) is 14.2. The molecule has 0 saturated heterocycles. The number of amides is 1. The molecule has 0 bridgehead atoms. The van der Waals surface area contributed by atoms with Crippen LogP contribution >= 0.6 is 0 Å². The number of hydrogen-bond donors (Lipinski definition) is 2.